The second-order valence-electron chi connectivity index (χ2n) is 2.94. The summed E-state index contributed by atoms with van der Waals surface area (Å²) in [6.07, 6.45) is -6.85. The van der Waals surface area contributed by atoms with Crippen LogP contribution in [-0.4, -0.2) is 56.5 Å². The minimum absolute atomic E-state index is 0.922. The van der Waals surface area contributed by atoms with Gasteiger partial charge in [0.2, 0.25) is 5.78 Å². The summed E-state index contributed by atoms with van der Waals surface area (Å²) in [4.78, 5) is 10.9. The van der Waals surface area contributed by atoms with Gasteiger partial charge in [-0.1, -0.05) is 0 Å². The average Bonchev–Trinajstić information content (AvgIpc) is 2.12. The Morgan fingerprint density at radius 2 is 1.64 bits per heavy atom. The van der Waals surface area contributed by atoms with Gasteiger partial charge in [0.25, 0.3) is 0 Å². The van der Waals surface area contributed by atoms with Crippen molar-refractivity contribution in [2.24, 2.45) is 5.73 Å². The number of Topliss-reactive ketones (excluding diaryl/α,β-unsaturated/α-hetero) is 1. The fourth-order valence-electron chi connectivity index (χ4n) is 0.787. The molecule has 0 aromatic heterocycles. The van der Waals surface area contributed by atoms with Crippen LogP contribution < -0.4 is 5.73 Å². The molecule has 0 bridgehead atoms. The Kier molecular flexibility index (Phi) is 4.64. The highest BCUT2D eigenvalue weighted by atomic mass is 16.4. The summed E-state index contributed by atoms with van der Waals surface area (Å²) in [6.45, 7) is 1.18. The lowest BCUT2D eigenvalue weighted by Gasteiger charge is -2.23. The van der Waals surface area contributed by atoms with Crippen LogP contribution in [0.1, 0.15) is 6.92 Å². The van der Waals surface area contributed by atoms with Gasteiger partial charge in [-0.25, -0.2) is 0 Å². The summed E-state index contributed by atoms with van der Waals surface area (Å²) in [5.41, 5.74) is 4.77. The third-order valence-electron chi connectivity index (χ3n) is 1.70. The van der Waals surface area contributed by atoms with E-state index in [0.717, 1.165) is 0 Å². The lowest BCUT2D eigenvalue weighted by molar-refractivity contribution is -0.137. The number of nitrogens with one attached hydrogen (secondary N) is 1. The summed E-state index contributed by atoms with van der Waals surface area (Å²) in [7, 11) is 0. The summed E-state index contributed by atoms with van der Waals surface area (Å²) < 4.78 is 0. The van der Waals surface area contributed by atoms with E-state index < -0.39 is 36.0 Å². The predicted octanol–water partition coefficient (Wildman–Crippen LogP) is -3.05. The van der Waals surface area contributed by atoms with Gasteiger partial charge in [0.15, 0.2) is 5.84 Å². The highest BCUT2D eigenvalue weighted by molar-refractivity contribution is 6.38. The number of aliphatic hydroxyl groups excluding tert-OH is 4. The molecule has 0 fully saturated rings. The fraction of sp³-hybridized carbons (Fsp3) is 0.714. The molecule has 0 radical (unpaired) electrons. The molecule has 0 aliphatic heterocycles. The molecule has 4 atom stereocenters. The van der Waals surface area contributed by atoms with Gasteiger partial charge in [0, 0.05) is 0 Å². The first-order chi connectivity index (χ1) is 6.29. The topological polar surface area (TPSA) is 148 Å². The molecular weight excluding hydrogens is 192 g/mol. The van der Waals surface area contributed by atoms with E-state index in [4.69, 9.17) is 31.6 Å². The van der Waals surface area contributed by atoms with Gasteiger partial charge >= 0.3 is 0 Å². The Bertz CT molecular complexity index is 230. The van der Waals surface area contributed by atoms with Crippen molar-refractivity contribution in [2.75, 3.05) is 0 Å². The molecule has 0 heterocycles. The summed E-state index contributed by atoms with van der Waals surface area (Å²) in [5.74, 6) is -2.12. The van der Waals surface area contributed by atoms with E-state index in [2.05, 4.69) is 0 Å². The van der Waals surface area contributed by atoms with Gasteiger partial charge in [-0.3, -0.25) is 10.2 Å². The summed E-state index contributed by atoms with van der Waals surface area (Å²) >= 11 is 0. The highest BCUT2D eigenvalue weighted by Gasteiger charge is 2.33. The van der Waals surface area contributed by atoms with Crippen LogP contribution in [-0.2, 0) is 4.79 Å². The molecule has 82 valence electrons. The van der Waals surface area contributed by atoms with Crippen molar-refractivity contribution in [3.63, 3.8) is 0 Å². The molecule has 0 saturated heterocycles. The van der Waals surface area contributed by atoms with Crippen LogP contribution in [0.3, 0.4) is 0 Å². The van der Waals surface area contributed by atoms with Crippen LogP contribution in [0, 0.1) is 5.41 Å². The first-order valence-electron chi connectivity index (χ1n) is 3.89. The number of amidine groups is 1. The van der Waals surface area contributed by atoms with E-state index in [1.54, 1.807) is 0 Å². The van der Waals surface area contributed by atoms with E-state index in [1.165, 1.54) is 6.92 Å². The van der Waals surface area contributed by atoms with Crippen molar-refractivity contribution in [2.45, 2.75) is 31.3 Å². The van der Waals surface area contributed by atoms with Crippen LogP contribution in [0.2, 0.25) is 0 Å². The van der Waals surface area contributed by atoms with Crippen molar-refractivity contribution < 1.29 is 25.2 Å². The van der Waals surface area contributed by atoms with Gasteiger partial charge in [-0.05, 0) is 6.92 Å². The maximum atomic E-state index is 10.9. The Balaban J connectivity index is 4.46. The first-order valence-corrected chi connectivity index (χ1v) is 3.89. The van der Waals surface area contributed by atoms with Gasteiger partial charge in [0.1, 0.15) is 18.3 Å². The smallest absolute Gasteiger partial charge is 0.227 e. The molecule has 7 heteroatoms. The Labute approximate surface area is 80.3 Å². The first kappa shape index (κ1) is 13.0. The molecule has 0 aromatic rings. The third-order valence-corrected chi connectivity index (χ3v) is 1.70. The van der Waals surface area contributed by atoms with Crippen molar-refractivity contribution >= 4 is 11.6 Å². The molecule has 7 N–H and O–H groups in total. The zero-order valence-electron chi connectivity index (χ0n) is 7.58. The number of hydrogen-bond acceptors (Lipinski definition) is 6. The summed E-state index contributed by atoms with van der Waals surface area (Å²) in [6, 6.07) is 0. The molecular formula is C7H14N2O5. The second kappa shape index (κ2) is 5.01. The lowest BCUT2D eigenvalue weighted by atomic mass is 10.0. The number of carbonyl (C=O) groups is 1. The van der Waals surface area contributed by atoms with Gasteiger partial charge in [-0.2, -0.15) is 0 Å². The van der Waals surface area contributed by atoms with Crippen molar-refractivity contribution in [3.05, 3.63) is 0 Å². The standard InChI is InChI=1S/C7H14N2O5/c1-2(10)3(11)4(12)5(13)6(14)7(8)9/h2-5,10-13H,1H3,(H3,8,9)/t2-,3-,4+,5+/m0/s1. The molecule has 0 spiro atoms. The number of ketones is 1. The maximum absolute atomic E-state index is 10.9. The number of hydrogen-bond donors (Lipinski definition) is 6. The van der Waals surface area contributed by atoms with E-state index in [-0.39, 0.29) is 0 Å². The molecule has 0 amide bonds. The summed E-state index contributed by atoms with van der Waals surface area (Å²) in [5, 5.41) is 42.8. The van der Waals surface area contributed by atoms with Gasteiger partial charge in [-0.15, -0.1) is 0 Å². The second-order valence-corrected chi connectivity index (χ2v) is 2.94. The minimum Gasteiger partial charge on any atom is -0.391 e. The number of rotatable bonds is 5. The Hall–Kier alpha value is -1.02. The Morgan fingerprint density at radius 1 is 1.21 bits per heavy atom. The number of carbonyl (C=O) groups excluding carboxylic acids is 1. The third kappa shape index (κ3) is 3.04. The predicted molar refractivity (Wildman–Crippen MR) is 46.6 cm³/mol. The van der Waals surface area contributed by atoms with Crippen molar-refractivity contribution in [3.8, 4) is 0 Å². The fourth-order valence-corrected chi connectivity index (χ4v) is 0.787. The normalized spacial score (nSPS) is 19.5. The van der Waals surface area contributed by atoms with E-state index in [0.29, 0.717) is 0 Å². The van der Waals surface area contributed by atoms with Crippen LogP contribution >= 0.6 is 0 Å². The van der Waals surface area contributed by atoms with Crippen LogP contribution in [0.5, 0.6) is 0 Å². The molecule has 0 aliphatic rings. The van der Waals surface area contributed by atoms with E-state index in [9.17, 15) is 4.79 Å². The largest absolute Gasteiger partial charge is 0.391 e. The molecule has 0 rings (SSSR count). The lowest BCUT2D eigenvalue weighted by Crippen LogP contribution is -2.49. The minimum atomic E-state index is -2.00. The molecule has 7 nitrogen and oxygen atoms in total. The zero-order chi connectivity index (χ0) is 11.5. The molecule has 0 unspecified atom stereocenters. The van der Waals surface area contributed by atoms with Crippen LogP contribution in [0.4, 0.5) is 0 Å². The molecule has 0 aliphatic carbocycles. The van der Waals surface area contributed by atoms with Crippen LogP contribution in [0.25, 0.3) is 0 Å². The number of nitrogens with two attached hydrogens (primary N) is 1. The van der Waals surface area contributed by atoms with Crippen LogP contribution in [0.15, 0.2) is 0 Å². The monoisotopic (exact) mass is 206 g/mol. The molecule has 0 aromatic carbocycles. The average molecular weight is 206 g/mol. The van der Waals surface area contributed by atoms with Crippen molar-refractivity contribution in [1.82, 2.24) is 0 Å². The van der Waals surface area contributed by atoms with E-state index in [1.807, 2.05) is 0 Å². The van der Waals surface area contributed by atoms with Gasteiger partial charge in [0.05, 0.1) is 6.10 Å². The number of aliphatic hydroxyl groups is 4. The van der Waals surface area contributed by atoms with Gasteiger partial charge < -0.3 is 26.2 Å². The highest BCUT2D eigenvalue weighted by Crippen LogP contribution is 2.05. The molecule has 14 heavy (non-hydrogen) atoms. The maximum Gasteiger partial charge on any atom is 0.227 e. The quantitative estimate of drug-likeness (QED) is 0.208. The zero-order valence-corrected chi connectivity index (χ0v) is 7.58. The van der Waals surface area contributed by atoms with E-state index >= 15 is 0 Å². The SMILES string of the molecule is C[C@H](O)[C@H](O)[C@@H](O)[C@@H](O)C(=O)C(=N)N. The molecule has 0 saturated carbocycles. The Morgan fingerprint density at radius 3 is 1.93 bits per heavy atom. The van der Waals surface area contributed by atoms with Crippen molar-refractivity contribution in [1.29, 1.82) is 5.41 Å².